The van der Waals surface area contributed by atoms with E-state index in [0.29, 0.717) is 11.3 Å². The van der Waals surface area contributed by atoms with Crippen LogP contribution in [0.5, 0.6) is 0 Å². The van der Waals surface area contributed by atoms with Crippen molar-refractivity contribution in [2.45, 2.75) is 42.9 Å². The SMILES string of the molecule is CCCOC(Sc1ccc(C)cc1)C(O)C(F)(F)F. The molecule has 2 atom stereocenters. The van der Waals surface area contributed by atoms with E-state index in [0.717, 1.165) is 17.3 Å². The first-order valence-electron chi connectivity index (χ1n) is 5.94. The summed E-state index contributed by atoms with van der Waals surface area (Å²) in [6.45, 7) is 3.87. The lowest BCUT2D eigenvalue weighted by molar-refractivity contribution is -0.223. The van der Waals surface area contributed by atoms with Crippen LogP contribution in [0.15, 0.2) is 29.2 Å². The second-order valence-corrected chi connectivity index (χ2v) is 5.33. The van der Waals surface area contributed by atoms with Crippen molar-refractivity contribution in [1.82, 2.24) is 0 Å². The highest BCUT2D eigenvalue weighted by molar-refractivity contribution is 7.99. The van der Waals surface area contributed by atoms with Crippen LogP contribution in [-0.4, -0.2) is 29.4 Å². The molecule has 0 amide bonds. The van der Waals surface area contributed by atoms with Crippen LogP contribution in [0.4, 0.5) is 13.2 Å². The molecule has 0 spiro atoms. The molecular formula is C13H17F3O2S. The number of alkyl halides is 3. The van der Waals surface area contributed by atoms with Crippen molar-refractivity contribution < 1.29 is 23.0 Å². The summed E-state index contributed by atoms with van der Waals surface area (Å²) >= 11 is 0.880. The molecule has 6 heteroatoms. The maximum atomic E-state index is 12.6. The van der Waals surface area contributed by atoms with Gasteiger partial charge in [-0.3, -0.25) is 0 Å². The number of aryl methyl sites for hydroxylation is 1. The molecule has 0 aliphatic carbocycles. The number of thioether (sulfide) groups is 1. The Morgan fingerprint density at radius 2 is 1.84 bits per heavy atom. The highest BCUT2D eigenvalue weighted by Gasteiger charge is 2.44. The maximum absolute atomic E-state index is 12.6. The van der Waals surface area contributed by atoms with Gasteiger partial charge in [0.05, 0.1) is 0 Å². The third-order valence-electron chi connectivity index (χ3n) is 2.35. The van der Waals surface area contributed by atoms with Crippen LogP contribution >= 0.6 is 11.8 Å². The summed E-state index contributed by atoms with van der Waals surface area (Å²) in [5, 5.41) is 9.32. The van der Waals surface area contributed by atoms with Gasteiger partial charge in [-0.25, -0.2) is 0 Å². The van der Waals surface area contributed by atoms with Crippen LogP contribution in [-0.2, 0) is 4.74 Å². The molecule has 1 aromatic carbocycles. The van der Waals surface area contributed by atoms with Crippen molar-refractivity contribution in [3.05, 3.63) is 29.8 Å². The second-order valence-electron chi connectivity index (χ2n) is 4.16. The molecule has 2 nitrogen and oxygen atoms in total. The molecule has 0 aliphatic rings. The van der Waals surface area contributed by atoms with Gasteiger partial charge in [0.15, 0.2) is 6.10 Å². The Labute approximate surface area is 115 Å². The molecule has 0 radical (unpaired) electrons. The van der Waals surface area contributed by atoms with E-state index in [-0.39, 0.29) is 6.61 Å². The molecule has 108 valence electrons. The van der Waals surface area contributed by atoms with Crippen LogP contribution in [0.25, 0.3) is 0 Å². The molecule has 1 rings (SSSR count). The van der Waals surface area contributed by atoms with Crippen molar-refractivity contribution in [3.8, 4) is 0 Å². The normalized spacial score (nSPS) is 15.3. The fourth-order valence-corrected chi connectivity index (χ4v) is 2.34. The summed E-state index contributed by atoms with van der Waals surface area (Å²) < 4.78 is 42.8. The van der Waals surface area contributed by atoms with E-state index in [4.69, 9.17) is 4.74 Å². The summed E-state index contributed by atoms with van der Waals surface area (Å²) in [5.74, 6) is 0. The molecule has 0 aromatic heterocycles. The second kappa shape index (κ2) is 7.17. The predicted octanol–water partition coefficient (Wildman–Crippen LogP) is 3.76. The van der Waals surface area contributed by atoms with Crippen LogP contribution in [0, 0.1) is 6.92 Å². The lowest BCUT2D eigenvalue weighted by atomic mass is 10.2. The van der Waals surface area contributed by atoms with Gasteiger partial charge in [0, 0.05) is 11.5 Å². The Morgan fingerprint density at radius 3 is 2.32 bits per heavy atom. The zero-order valence-corrected chi connectivity index (χ0v) is 11.6. The van der Waals surface area contributed by atoms with E-state index < -0.39 is 17.7 Å². The molecule has 1 N–H and O–H groups in total. The summed E-state index contributed by atoms with van der Waals surface area (Å²) in [6.07, 6.45) is -6.59. The Balaban J connectivity index is 2.76. The van der Waals surface area contributed by atoms with Crippen LogP contribution in [0.1, 0.15) is 18.9 Å². The van der Waals surface area contributed by atoms with E-state index in [1.54, 1.807) is 31.2 Å². The summed E-state index contributed by atoms with van der Waals surface area (Å²) in [4.78, 5) is 0.634. The van der Waals surface area contributed by atoms with E-state index in [2.05, 4.69) is 0 Å². The average Bonchev–Trinajstić information content (AvgIpc) is 2.35. The van der Waals surface area contributed by atoms with Crippen molar-refractivity contribution in [3.63, 3.8) is 0 Å². The first-order valence-corrected chi connectivity index (χ1v) is 6.82. The summed E-state index contributed by atoms with van der Waals surface area (Å²) in [5.41, 5.74) is -0.325. The smallest absolute Gasteiger partial charge is 0.381 e. The zero-order valence-electron chi connectivity index (χ0n) is 10.8. The molecule has 0 saturated heterocycles. The Morgan fingerprint density at radius 1 is 1.26 bits per heavy atom. The third kappa shape index (κ3) is 5.42. The first-order chi connectivity index (χ1) is 8.84. The van der Waals surface area contributed by atoms with Gasteiger partial charge in [-0.2, -0.15) is 13.2 Å². The molecule has 2 unspecified atom stereocenters. The minimum atomic E-state index is -4.68. The van der Waals surface area contributed by atoms with Crippen molar-refractivity contribution >= 4 is 11.8 Å². The Kier molecular flexibility index (Phi) is 6.16. The number of benzene rings is 1. The average molecular weight is 294 g/mol. The van der Waals surface area contributed by atoms with Crippen LogP contribution in [0.3, 0.4) is 0 Å². The minimum absolute atomic E-state index is 0.177. The molecule has 0 heterocycles. The molecule has 0 saturated carbocycles. The van der Waals surface area contributed by atoms with Gasteiger partial charge in [0.25, 0.3) is 0 Å². The Bertz CT molecular complexity index is 378. The van der Waals surface area contributed by atoms with E-state index in [9.17, 15) is 18.3 Å². The molecule has 0 aliphatic heterocycles. The van der Waals surface area contributed by atoms with Crippen molar-refractivity contribution in [2.75, 3.05) is 6.61 Å². The van der Waals surface area contributed by atoms with Crippen molar-refractivity contribution in [1.29, 1.82) is 0 Å². The number of hydrogen-bond donors (Lipinski definition) is 1. The van der Waals surface area contributed by atoms with E-state index in [1.165, 1.54) is 0 Å². The van der Waals surface area contributed by atoms with Crippen molar-refractivity contribution in [2.24, 2.45) is 0 Å². The largest absolute Gasteiger partial charge is 0.417 e. The standard InChI is InChI=1S/C13H17F3O2S/c1-3-8-18-12(11(17)13(14,15)16)19-10-6-4-9(2)5-7-10/h4-7,11-12,17H,3,8H2,1-2H3. The van der Waals surface area contributed by atoms with Gasteiger partial charge in [0.2, 0.25) is 0 Å². The topological polar surface area (TPSA) is 29.5 Å². The number of aliphatic hydroxyl groups is 1. The maximum Gasteiger partial charge on any atom is 0.417 e. The van der Waals surface area contributed by atoms with Gasteiger partial charge in [-0.15, -0.1) is 0 Å². The fraction of sp³-hybridized carbons (Fsp3) is 0.538. The van der Waals surface area contributed by atoms with Gasteiger partial charge in [-0.05, 0) is 25.5 Å². The van der Waals surface area contributed by atoms with E-state index >= 15 is 0 Å². The monoisotopic (exact) mass is 294 g/mol. The number of rotatable bonds is 6. The summed E-state index contributed by atoms with van der Waals surface area (Å²) in [6, 6.07) is 7.04. The molecule has 1 aromatic rings. The quantitative estimate of drug-likeness (QED) is 0.640. The molecule has 0 bridgehead atoms. The number of halogens is 3. The van der Waals surface area contributed by atoms with Crippen LogP contribution in [0.2, 0.25) is 0 Å². The summed E-state index contributed by atoms with van der Waals surface area (Å²) in [7, 11) is 0. The van der Waals surface area contributed by atoms with E-state index in [1.807, 2.05) is 6.92 Å². The number of ether oxygens (including phenoxy) is 1. The number of hydrogen-bond acceptors (Lipinski definition) is 3. The predicted molar refractivity (Wildman–Crippen MR) is 69.1 cm³/mol. The van der Waals surface area contributed by atoms with Crippen LogP contribution < -0.4 is 0 Å². The lowest BCUT2D eigenvalue weighted by Crippen LogP contribution is -2.39. The van der Waals surface area contributed by atoms with Gasteiger partial charge in [-0.1, -0.05) is 36.4 Å². The van der Waals surface area contributed by atoms with Gasteiger partial charge >= 0.3 is 6.18 Å². The molecule has 19 heavy (non-hydrogen) atoms. The van der Waals surface area contributed by atoms with Gasteiger partial charge < -0.3 is 9.84 Å². The fourth-order valence-electron chi connectivity index (χ4n) is 1.33. The minimum Gasteiger partial charge on any atom is -0.381 e. The lowest BCUT2D eigenvalue weighted by Gasteiger charge is -2.24. The highest BCUT2D eigenvalue weighted by atomic mass is 32.2. The molecule has 0 fully saturated rings. The first kappa shape index (κ1) is 16.3. The number of aliphatic hydroxyl groups excluding tert-OH is 1. The Hall–Kier alpha value is -0.720. The van der Waals surface area contributed by atoms with Gasteiger partial charge in [0.1, 0.15) is 5.44 Å². The zero-order chi connectivity index (χ0) is 14.5. The third-order valence-corrected chi connectivity index (χ3v) is 3.52. The highest BCUT2D eigenvalue weighted by Crippen LogP contribution is 2.33. The molecular weight excluding hydrogens is 277 g/mol.